The van der Waals surface area contributed by atoms with Crippen molar-refractivity contribution in [1.82, 2.24) is 4.68 Å². The van der Waals surface area contributed by atoms with Gasteiger partial charge in [0.05, 0.1) is 0 Å². The number of carbonyl (C=O) groups is 1. The van der Waals surface area contributed by atoms with Crippen LogP contribution in [0.25, 0.3) is 0 Å². The topological polar surface area (TPSA) is 51.1 Å². The molecule has 1 heterocycles. The summed E-state index contributed by atoms with van der Waals surface area (Å²) in [5.41, 5.74) is 2.56. The van der Waals surface area contributed by atoms with Crippen LogP contribution in [0.15, 0.2) is 23.1 Å². The molecule has 1 amide bonds. The molecule has 0 saturated heterocycles. The van der Waals surface area contributed by atoms with Crippen molar-refractivity contribution in [2.45, 2.75) is 6.92 Å². The SMILES string of the molecule is Cc1cccn(NC(=O)S)c1=O. The summed E-state index contributed by atoms with van der Waals surface area (Å²) < 4.78 is 1.09. The van der Waals surface area contributed by atoms with Crippen LogP contribution in [0.4, 0.5) is 4.79 Å². The third-order valence-corrected chi connectivity index (χ3v) is 1.45. The fourth-order valence-electron chi connectivity index (χ4n) is 0.793. The Bertz CT molecular complexity index is 359. The van der Waals surface area contributed by atoms with Crippen LogP contribution in [0.1, 0.15) is 5.56 Å². The number of hydrogen-bond donors (Lipinski definition) is 2. The van der Waals surface area contributed by atoms with Gasteiger partial charge in [0.1, 0.15) is 0 Å². The molecule has 0 atom stereocenters. The molecule has 0 aliphatic heterocycles. The Hall–Kier alpha value is -1.23. The molecule has 5 heteroatoms. The number of nitrogens with one attached hydrogen (secondary N) is 1. The van der Waals surface area contributed by atoms with Crippen LogP contribution < -0.4 is 11.0 Å². The molecule has 0 bridgehead atoms. The zero-order valence-corrected chi connectivity index (χ0v) is 7.34. The minimum Gasteiger partial charge on any atom is -0.267 e. The Labute approximate surface area is 74.6 Å². The Balaban J connectivity index is 3.09. The molecule has 0 aliphatic carbocycles. The lowest BCUT2D eigenvalue weighted by Gasteiger charge is -2.04. The number of rotatable bonds is 1. The summed E-state index contributed by atoms with van der Waals surface area (Å²) in [6.07, 6.45) is 1.46. The molecule has 1 aromatic heterocycles. The van der Waals surface area contributed by atoms with Crippen LogP contribution in [0.5, 0.6) is 0 Å². The number of pyridine rings is 1. The number of thiol groups is 1. The van der Waals surface area contributed by atoms with Gasteiger partial charge in [-0.3, -0.25) is 15.0 Å². The van der Waals surface area contributed by atoms with Crippen molar-refractivity contribution < 1.29 is 4.79 Å². The average Bonchev–Trinajstić information content (AvgIpc) is 1.98. The van der Waals surface area contributed by atoms with E-state index in [0.717, 1.165) is 4.68 Å². The molecule has 12 heavy (non-hydrogen) atoms. The maximum absolute atomic E-state index is 11.2. The molecular formula is C7H8N2O2S. The van der Waals surface area contributed by atoms with Gasteiger partial charge in [-0.05, 0) is 13.0 Å². The number of hydrogen-bond acceptors (Lipinski definition) is 2. The van der Waals surface area contributed by atoms with Crippen LogP contribution in [-0.4, -0.2) is 9.92 Å². The van der Waals surface area contributed by atoms with Gasteiger partial charge in [0.15, 0.2) is 0 Å². The fraction of sp³-hybridized carbons (Fsp3) is 0.143. The molecule has 0 radical (unpaired) electrons. The smallest absolute Gasteiger partial charge is 0.267 e. The number of carbonyl (C=O) groups excluding carboxylic acids is 1. The zero-order chi connectivity index (χ0) is 9.14. The maximum atomic E-state index is 11.2. The second-order valence-electron chi connectivity index (χ2n) is 2.28. The van der Waals surface area contributed by atoms with Crippen molar-refractivity contribution in [3.63, 3.8) is 0 Å². The van der Waals surface area contributed by atoms with Gasteiger partial charge >= 0.3 is 0 Å². The van der Waals surface area contributed by atoms with Gasteiger partial charge in [-0.25, -0.2) is 4.68 Å². The Morgan fingerprint density at radius 1 is 1.67 bits per heavy atom. The average molecular weight is 184 g/mol. The van der Waals surface area contributed by atoms with Crippen LogP contribution in [0.2, 0.25) is 0 Å². The summed E-state index contributed by atoms with van der Waals surface area (Å²) in [5.74, 6) is 0. The molecule has 0 fully saturated rings. The van der Waals surface area contributed by atoms with Gasteiger partial charge < -0.3 is 0 Å². The second-order valence-corrected chi connectivity index (χ2v) is 2.69. The minimum atomic E-state index is -0.567. The van der Waals surface area contributed by atoms with E-state index >= 15 is 0 Å². The summed E-state index contributed by atoms with van der Waals surface area (Å²) in [5, 5.41) is -0.567. The lowest BCUT2D eigenvalue weighted by atomic mass is 10.3. The number of aryl methyl sites for hydroxylation is 1. The summed E-state index contributed by atoms with van der Waals surface area (Å²) in [6, 6.07) is 3.34. The molecule has 0 unspecified atom stereocenters. The molecule has 1 aromatic rings. The standard InChI is InChI=1S/C7H8N2O2S/c1-5-3-2-4-9(6(5)10)8-7(11)12/h2-4H,1H3,(H2,8,11,12). The van der Waals surface area contributed by atoms with Gasteiger partial charge in [0, 0.05) is 11.8 Å². The van der Waals surface area contributed by atoms with Gasteiger partial charge in [-0.15, -0.1) is 0 Å². The van der Waals surface area contributed by atoms with E-state index in [0.29, 0.717) is 5.56 Å². The first-order chi connectivity index (χ1) is 5.61. The predicted molar refractivity (Wildman–Crippen MR) is 49.2 cm³/mol. The quantitative estimate of drug-likeness (QED) is 0.633. The first kappa shape index (κ1) is 8.86. The highest BCUT2D eigenvalue weighted by Gasteiger charge is 1.98. The predicted octanol–water partition coefficient (Wildman–Crippen LogP) is 0.750. The Morgan fingerprint density at radius 2 is 2.33 bits per heavy atom. The molecule has 0 aliphatic rings. The van der Waals surface area contributed by atoms with Crippen LogP contribution in [0.3, 0.4) is 0 Å². The van der Waals surface area contributed by atoms with E-state index < -0.39 is 5.24 Å². The lowest BCUT2D eigenvalue weighted by molar-refractivity contribution is 0.268. The third-order valence-electron chi connectivity index (χ3n) is 1.35. The first-order valence-electron chi connectivity index (χ1n) is 3.29. The molecule has 0 aromatic carbocycles. The number of aromatic nitrogens is 1. The molecular weight excluding hydrogens is 176 g/mol. The lowest BCUT2D eigenvalue weighted by Crippen LogP contribution is -2.30. The van der Waals surface area contributed by atoms with E-state index in [1.54, 1.807) is 19.1 Å². The van der Waals surface area contributed by atoms with E-state index in [1.165, 1.54) is 6.20 Å². The highest BCUT2D eigenvalue weighted by Crippen LogP contribution is 1.87. The monoisotopic (exact) mass is 184 g/mol. The van der Waals surface area contributed by atoms with E-state index in [1.807, 2.05) is 0 Å². The molecule has 4 nitrogen and oxygen atoms in total. The highest BCUT2D eigenvalue weighted by molar-refractivity contribution is 7.96. The largest absolute Gasteiger partial charge is 0.294 e. The zero-order valence-electron chi connectivity index (χ0n) is 6.44. The Morgan fingerprint density at radius 3 is 2.92 bits per heavy atom. The highest BCUT2D eigenvalue weighted by atomic mass is 32.1. The minimum absolute atomic E-state index is 0.250. The van der Waals surface area contributed by atoms with Crippen molar-refractivity contribution in [2.75, 3.05) is 5.43 Å². The van der Waals surface area contributed by atoms with Crippen molar-refractivity contribution in [2.24, 2.45) is 0 Å². The summed E-state index contributed by atoms with van der Waals surface area (Å²) in [4.78, 5) is 21.7. The van der Waals surface area contributed by atoms with Crippen molar-refractivity contribution >= 4 is 17.9 Å². The molecule has 1 N–H and O–H groups in total. The third kappa shape index (κ3) is 1.88. The van der Waals surface area contributed by atoms with Gasteiger partial charge in [-0.2, -0.15) is 0 Å². The normalized spacial score (nSPS) is 9.50. The van der Waals surface area contributed by atoms with Gasteiger partial charge in [0.2, 0.25) is 0 Å². The maximum Gasteiger partial charge on any atom is 0.294 e. The molecule has 64 valence electrons. The Kier molecular flexibility index (Phi) is 2.54. The van der Waals surface area contributed by atoms with Crippen molar-refractivity contribution in [3.8, 4) is 0 Å². The van der Waals surface area contributed by atoms with Gasteiger partial charge in [-0.1, -0.05) is 18.7 Å². The first-order valence-corrected chi connectivity index (χ1v) is 3.74. The van der Waals surface area contributed by atoms with E-state index in [9.17, 15) is 9.59 Å². The molecule has 1 rings (SSSR count). The number of amides is 1. The van der Waals surface area contributed by atoms with Crippen molar-refractivity contribution in [3.05, 3.63) is 34.2 Å². The van der Waals surface area contributed by atoms with Gasteiger partial charge in [0.25, 0.3) is 10.8 Å². The van der Waals surface area contributed by atoms with E-state index in [-0.39, 0.29) is 5.56 Å². The summed E-state index contributed by atoms with van der Waals surface area (Å²) in [7, 11) is 0. The van der Waals surface area contributed by atoms with E-state index in [2.05, 4.69) is 18.1 Å². The van der Waals surface area contributed by atoms with Crippen LogP contribution in [0, 0.1) is 6.92 Å². The number of nitrogens with zero attached hydrogens (tertiary/aromatic N) is 1. The summed E-state index contributed by atoms with van der Waals surface area (Å²) >= 11 is 3.48. The second kappa shape index (κ2) is 3.44. The fourth-order valence-corrected chi connectivity index (χ4v) is 0.901. The molecule has 0 saturated carbocycles. The van der Waals surface area contributed by atoms with Crippen molar-refractivity contribution in [1.29, 1.82) is 0 Å². The molecule has 0 spiro atoms. The van der Waals surface area contributed by atoms with E-state index in [4.69, 9.17) is 0 Å². The van der Waals surface area contributed by atoms with Crippen LogP contribution >= 0.6 is 12.6 Å². The summed E-state index contributed by atoms with van der Waals surface area (Å²) in [6.45, 7) is 1.67. The van der Waals surface area contributed by atoms with Crippen LogP contribution in [-0.2, 0) is 0 Å².